The summed E-state index contributed by atoms with van der Waals surface area (Å²) in [6, 6.07) is 6.76. The number of aromatic nitrogens is 3. The van der Waals surface area contributed by atoms with E-state index >= 15 is 0 Å². The van der Waals surface area contributed by atoms with Crippen molar-refractivity contribution >= 4 is 36.4 Å². The maximum absolute atomic E-state index is 12.4. The van der Waals surface area contributed by atoms with Gasteiger partial charge >= 0.3 is 0 Å². The lowest BCUT2D eigenvalue weighted by atomic mass is 9.92. The number of hydrogen-bond acceptors (Lipinski definition) is 6. The molecule has 0 radical (unpaired) electrons. The van der Waals surface area contributed by atoms with E-state index in [9.17, 15) is 4.79 Å². The minimum atomic E-state index is -0.527. The molecule has 8 nitrogen and oxygen atoms in total. The van der Waals surface area contributed by atoms with Gasteiger partial charge in [0.15, 0.2) is 0 Å². The van der Waals surface area contributed by atoms with E-state index in [1.54, 1.807) is 17.1 Å². The third-order valence-electron chi connectivity index (χ3n) is 4.23. The molecule has 1 aliphatic heterocycles. The molecule has 0 saturated carbocycles. The van der Waals surface area contributed by atoms with Gasteiger partial charge in [0.25, 0.3) is 0 Å². The van der Waals surface area contributed by atoms with E-state index in [2.05, 4.69) is 15.4 Å². The van der Waals surface area contributed by atoms with E-state index in [1.165, 1.54) is 6.33 Å². The molecule has 1 aromatic heterocycles. The molecule has 1 unspecified atom stereocenters. The summed E-state index contributed by atoms with van der Waals surface area (Å²) in [7, 11) is 0. The summed E-state index contributed by atoms with van der Waals surface area (Å²) in [6.45, 7) is 2.40. The molecule has 10 heteroatoms. The van der Waals surface area contributed by atoms with Gasteiger partial charge in [-0.3, -0.25) is 4.79 Å². The third kappa shape index (κ3) is 6.99. The van der Waals surface area contributed by atoms with Crippen LogP contribution in [0.3, 0.4) is 0 Å². The molecule has 1 atom stereocenters. The fourth-order valence-electron chi connectivity index (χ4n) is 2.78. The topological polar surface area (TPSA) is 104 Å². The van der Waals surface area contributed by atoms with Crippen molar-refractivity contribution in [1.29, 1.82) is 0 Å². The van der Waals surface area contributed by atoms with Crippen LogP contribution in [0.2, 0.25) is 0 Å². The molecule has 1 aliphatic rings. The van der Waals surface area contributed by atoms with Crippen LogP contribution in [0.1, 0.15) is 12.8 Å². The van der Waals surface area contributed by atoms with Crippen molar-refractivity contribution < 1.29 is 14.3 Å². The second-order valence-electron chi connectivity index (χ2n) is 6.00. The number of carbonyl (C=O) groups is 1. The Bertz CT molecular complexity index is 681. The highest BCUT2D eigenvalue weighted by Gasteiger charge is 2.26. The van der Waals surface area contributed by atoms with Gasteiger partial charge in [-0.25, -0.2) is 9.67 Å². The number of hydrogen-bond donors (Lipinski definition) is 2. The molecule has 150 valence electrons. The van der Waals surface area contributed by atoms with Gasteiger partial charge in [0.2, 0.25) is 5.91 Å². The third-order valence-corrected chi connectivity index (χ3v) is 4.23. The van der Waals surface area contributed by atoms with Crippen molar-refractivity contribution in [3.05, 3.63) is 36.9 Å². The highest BCUT2D eigenvalue weighted by atomic mass is 35.5. The van der Waals surface area contributed by atoms with Gasteiger partial charge in [0.05, 0.1) is 12.6 Å². The van der Waals surface area contributed by atoms with Crippen molar-refractivity contribution in [2.24, 2.45) is 11.7 Å². The number of rotatable bonds is 7. The molecule has 0 bridgehead atoms. The Morgan fingerprint density at radius 3 is 2.85 bits per heavy atom. The van der Waals surface area contributed by atoms with Gasteiger partial charge in [0.1, 0.15) is 25.0 Å². The molecule has 3 N–H and O–H groups in total. The summed E-state index contributed by atoms with van der Waals surface area (Å²) in [5, 5.41) is 6.88. The number of halogens is 2. The van der Waals surface area contributed by atoms with E-state index in [-0.39, 0.29) is 36.6 Å². The molecule has 0 aliphatic carbocycles. The molecule has 0 spiro atoms. The lowest BCUT2D eigenvalue weighted by Gasteiger charge is -2.26. The largest absolute Gasteiger partial charge is 0.492 e. The second-order valence-corrected chi connectivity index (χ2v) is 6.00. The van der Waals surface area contributed by atoms with E-state index in [1.807, 2.05) is 18.2 Å². The normalized spacial score (nSPS) is 15.1. The fourth-order valence-corrected chi connectivity index (χ4v) is 2.78. The smallest absolute Gasteiger partial charge is 0.241 e. The minimum Gasteiger partial charge on any atom is -0.492 e. The first-order valence-corrected chi connectivity index (χ1v) is 8.42. The average molecular weight is 418 g/mol. The number of nitrogens with two attached hydrogens (primary N) is 1. The second kappa shape index (κ2) is 11.8. The zero-order valence-electron chi connectivity index (χ0n) is 14.8. The first-order valence-electron chi connectivity index (χ1n) is 8.42. The first kappa shape index (κ1) is 23.2. The Hall–Kier alpha value is -1.87. The predicted octanol–water partition coefficient (Wildman–Crippen LogP) is 1.89. The Morgan fingerprint density at radius 2 is 2.15 bits per heavy atom. The van der Waals surface area contributed by atoms with Gasteiger partial charge in [-0.2, -0.15) is 5.10 Å². The van der Waals surface area contributed by atoms with E-state index in [4.69, 9.17) is 15.2 Å². The summed E-state index contributed by atoms with van der Waals surface area (Å²) in [5.74, 6) is 0.667. The zero-order valence-corrected chi connectivity index (χ0v) is 16.5. The predicted molar refractivity (Wildman–Crippen MR) is 107 cm³/mol. The zero-order chi connectivity index (χ0) is 17.5. The summed E-state index contributed by atoms with van der Waals surface area (Å²) in [6.07, 6.45) is 4.76. The van der Waals surface area contributed by atoms with Crippen LogP contribution in [0.5, 0.6) is 5.75 Å². The monoisotopic (exact) mass is 417 g/mol. The quantitative estimate of drug-likeness (QED) is 0.712. The SMILES string of the molecule is Cl.Cl.NC(C(=O)Nc1cccc(OCCn2cncn2)c1)C1CCOCC1. The van der Waals surface area contributed by atoms with Crippen LogP contribution < -0.4 is 15.8 Å². The van der Waals surface area contributed by atoms with Gasteiger partial charge in [-0.05, 0) is 30.9 Å². The Morgan fingerprint density at radius 1 is 1.37 bits per heavy atom. The van der Waals surface area contributed by atoms with Crippen LogP contribution in [0.25, 0.3) is 0 Å². The van der Waals surface area contributed by atoms with Crippen molar-refractivity contribution in [3.63, 3.8) is 0 Å². The molecule has 1 aromatic carbocycles. The lowest BCUT2D eigenvalue weighted by molar-refractivity contribution is -0.119. The molecule has 2 heterocycles. The van der Waals surface area contributed by atoms with Gasteiger partial charge < -0.3 is 20.5 Å². The van der Waals surface area contributed by atoms with Crippen molar-refractivity contribution in [3.8, 4) is 5.75 Å². The average Bonchev–Trinajstić information content (AvgIpc) is 3.15. The van der Waals surface area contributed by atoms with E-state index in [0.29, 0.717) is 37.8 Å². The van der Waals surface area contributed by atoms with Gasteiger partial charge in [0, 0.05) is 25.0 Å². The summed E-state index contributed by atoms with van der Waals surface area (Å²) in [4.78, 5) is 16.2. The van der Waals surface area contributed by atoms with Crippen molar-refractivity contribution in [2.75, 3.05) is 25.1 Å². The van der Waals surface area contributed by atoms with Crippen LogP contribution in [-0.4, -0.2) is 46.5 Å². The van der Waals surface area contributed by atoms with E-state index < -0.39 is 6.04 Å². The van der Waals surface area contributed by atoms with Crippen LogP contribution in [0.4, 0.5) is 5.69 Å². The van der Waals surface area contributed by atoms with Crippen molar-refractivity contribution in [2.45, 2.75) is 25.4 Å². The molecule has 1 fully saturated rings. The fraction of sp³-hybridized carbons (Fsp3) is 0.471. The molecule has 3 rings (SSSR count). The summed E-state index contributed by atoms with van der Waals surface area (Å²) >= 11 is 0. The minimum absolute atomic E-state index is 0. The highest BCUT2D eigenvalue weighted by Crippen LogP contribution is 2.21. The Kier molecular flexibility index (Phi) is 10.1. The van der Waals surface area contributed by atoms with Crippen LogP contribution in [-0.2, 0) is 16.1 Å². The van der Waals surface area contributed by atoms with Crippen LogP contribution in [0.15, 0.2) is 36.9 Å². The Labute approximate surface area is 170 Å². The highest BCUT2D eigenvalue weighted by molar-refractivity contribution is 5.95. The van der Waals surface area contributed by atoms with Gasteiger partial charge in [-0.1, -0.05) is 6.07 Å². The molecule has 1 amide bonds. The molecule has 2 aromatic rings. The summed E-state index contributed by atoms with van der Waals surface area (Å²) < 4.78 is 12.7. The Balaban J connectivity index is 0.00000182. The molecule has 27 heavy (non-hydrogen) atoms. The number of nitrogens with one attached hydrogen (secondary N) is 1. The number of nitrogens with zero attached hydrogens (tertiary/aromatic N) is 3. The van der Waals surface area contributed by atoms with E-state index in [0.717, 1.165) is 12.8 Å². The number of anilines is 1. The van der Waals surface area contributed by atoms with Crippen LogP contribution >= 0.6 is 24.8 Å². The maximum atomic E-state index is 12.4. The molecular weight excluding hydrogens is 393 g/mol. The first-order chi connectivity index (χ1) is 12.2. The number of benzene rings is 1. The number of carbonyl (C=O) groups excluding carboxylic acids is 1. The van der Waals surface area contributed by atoms with Gasteiger partial charge in [-0.15, -0.1) is 24.8 Å². The number of amides is 1. The summed E-state index contributed by atoms with van der Waals surface area (Å²) in [5.41, 5.74) is 6.77. The van der Waals surface area contributed by atoms with Crippen molar-refractivity contribution in [1.82, 2.24) is 14.8 Å². The maximum Gasteiger partial charge on any atom is 0.241 e. The molecule has 1 saturated heterocycles. The molecular formula is C17H25Cl2N5O3. The lowest BCUT2D eigenvalue weighted by Crippen LogP contribution is -2.43. The van der Waals surface area contributed by atoms with Crippen LogP contribution in [0, 0.1) is 5.92 Å². The number of ether oxygens (including phenoxy) is 2. The standard InChI is InChI=1S/C17H23N5O3.2ClH/c18-16(13-4-7-24-8-5-13)17(23)21-14-2-1-3-15(10-14)25-9-6-22-12-19-11-20-22;;/h1-3,10-13,16H,4-9,18H2,(H,21,23);2*1H.